The highest BCUT2D eigenvalue weighted by molar-refractivity contribution is 6.01. The molecule has 2 aromatic heterocycles. The van der Waals surface area contributed by atoms with Gasteiger partial charge in [0.05, 0.1) is 5.69 Å². The third kappa shape index (κ3) is 4.85. The monoisotopic (exact) mass is 416 g/mol. The molecule has 0 unspecified atom stereocenters. The van der Waals surface area contributed by atoms with Crippen molar-refractivity contribution in [3.63, 3.8) is 0 Å². The molecule has 2 amide bonds. The van der Waals surface area contributed by atoms with Crippen LogP contribution >= 0.6 is 0 Å². The molecule has 3 aromatic rings. The van der Waals surface area contributed by atoms with Crippen molar-refractivity contribution in [2.24, 2.45) is 5.92 Å². The van der Waals surface area contributed by atoms with E-state index in [0.29, 0.717) is 31.1 Å². The van der Waals surface area contributed by atoms with E-state index in [1.165, 1.54) is 0 Å². The van der Waals surface area contributed by atoms with E-state index in [1.807, 2.05) is 44.2 Å². The number of amides is 2. The summed E-state index contributed by atoms with van der Waals surface area (Å²) in [6.07, 6.45) is 4.69. The number of urea groups is 1. The van der Waals surface area contributed by atoms with Crippen molar-refractivity contribution in [3.8, 4) is 11.3 Å². The Balaban J connectivity index is 1.68. The Kier molecular flexibility index (Phi) is 6.16. The maximum Gasteiger partial charge on any atom is 0.320 e. The number of hydrogen-bond donors (Lipinski definition) is 3. The molecule has 6 heteroatoms. The molecule has 0 saturated heterocycles. The number of aromatic nitrogens is 2. The molecule has 1 aromatic carbocycles. The number of carbonyl (C=O) groups is 2. The summed E-state index contributed by atoms with van der Waals surface area (Å²) in [5.74, 6) is 1.05. The van der Waals surface area contributed by atoms with Gasteiger partial charge in [-0.1, -0.05) is 44.2 Å². The predicted molar refractivity (Wildman–Crippen MR) is 122 cm³/mol. The van der Waals surface area contributed by atoms with Crippen LogP contribution in [-0.4, -0.2) is 28.3 Å². The summed E-state index contributed by atoms with van der Waals surface area (Å²) in [6, 6.07) is 13.7. The van der Waals surface area contributed by atoms with Crippen LogP contribution in [0, 0.1) is 5.92 Å². The summed E-state index contributed by atoms with van der Waals surface area (Å²) in [6.45, 7) is 4.68. The minimum Gasteiger partial charge on any atom is -0.358 e. The van der Waals surface area contributed by atoms with Crippen molar-refractivity contribution in [2.45, 2.75) is 39.5 Å². The van der Waals surface area contributed by atoms with Gasteiger partial charge in [0.15, 0.2) is 5.78 Å². The minimum absolute atomic E-state index is 0.204. The Hall–Kier alpha value is -3.41. The Morgan fingerprint density at radius 3 is 2.74 bits per heavy atom. The van der Waals surface area contributed by atoms with Gasteiger partial charge in [-0.15, -0.1) is 0 Å². The Bertz CT molecular complexity index is 1090. The van der Waals surface area contributed by atoms with Crippen LogP contribution < -0.4 is 10.6 Å². The lowest BCUT2D eigenvalue weighted by Crippen LogP contribution is -2.31. The topological polar surface area (TPSA) is 86.9 Å². The maximum atomic E-state index is 12.8. The van der Waals surface area contributed by atoms with Gasteiger partial charge in [0.1, 0.15) is 5.82 Å². The van der Waals surface area contributed by atoms with Crippen LogP contribution in [0.2, 0.25) is 0 Å². The van der Waals surface area contributed by atoms with Gasteiger partial charge in [-0.3, -0.25) is 10.1 Å². The maximum absolute atomic E-state index is 12.8. The molecule has 2 heterocycles. The number of nitrogens with zero attached hydrogens (tertiary/aromatic N) is 1. The number of ketones is 1. The molecule has 0 fully saturated rings. The van der Waals surface area contributed by atoms with Gasteiger partial charge in [-0.25, -0.2) is 9.78 Å². The van der Waals surface area contributed by atoms with Gasteiger partial charge in [-0.2, -0.15) is 0 Å². The van der Waals surface area contributed by atoms with E-state index in [-0.39, 0.29) is 11.8 Å². The van der Waals surface area contributed by atoms with E-state index in [9.17, 15) is 9.59 Å². The van der Waals surface area contributed by atoms with Crippen LogP contribution in [0.3, 0.4) is 0 Å². The number of pyridine rings is 1. The quantitative estimate of drug-likeness (QED) is 0.530. The number of benzene rings is 1. The van der Waals surface area contributed by atoms with Crippen LogP contribution in [-0.2, 0) is 12.8 Å². The number of anilines is 1. The van der Waals surface area contributed by atoms with Gasteiger partial charge in [0, 0.05) is 42.4 Å². The SMILES string of the molecule is CC(C)CNC(=O)Nc1cc(-c2[nH]c3c(c2Cc2ccccc2)C(=O)CCC3)ccn1. The second-order valence-corrected chi connectivity index (χ2v) is 8.43. The first-order chi connectivity index (χ1) is 15.0. The second-order valence-electron chi connectivity index (χ2n) is 8.43. The van der Waals surface area contributed by atoms with E-state index in [4.69, 9.17) is 0 Å². The number of rotatable bonds is 6. The van der Waals surface area contributed by atoms with E-state index in [2.05, 4.69) is 32.7 Å². The zero-order chi connectivity index (χ0) is 21.8. The van der Waals surface area contributed by atoms with Crippen LogP contribution in [0.5, 0.6) is 0 Å². The lowest BCUT2D eigenvalue weighted by Gasteiger charge is -2.12. The van der Waals surface area contributed by atoms with Crippen molar-refractivity contribution >= 4 is 17.6 Å². The number of hydrogen-bond acceptors (Lipinski definition) is 3. The molecule has 1 aliphatic carbocycles. The number of Topliss-reactive ketones (excluding diaryl/α,β-unsaturated/α-hetero) is 1. The normalized spacial score (nSPS) is 13.2. The molecule has 0 saturated carbocycles. The van der Waals surface area contributed by atoms with Crippen molar-refractivity contribution in [3.05, 3.63) is 71.0 Å². The van der Waals surface area contributed by atoms with Crippen LogP contribution in [0.25, 0.3) is 11.3 Å². The van der Waals surface area contributed by atoms with Crippen LogP contribution in [0.15, 0.2) is 48.7 Å². The van der Waals surface area contributed by atoms with Gasteiger partial charge in [0.2, 0.25) is 0 Å². The Morgan fingerprint density at radius 1 is 1.16 bits per heavy atom. The highest BCUT2D eigenvalue weighted by Gasteiger charge is 2.26. The summed E-state index contributed by atoms with van der Waals surface area (Å²) in [4.78, 5) is 32.7. The molecule has 4 rings (SSSR count). The highest BCUT2D eigenvalue weighted by atomic mass is 16.2. The smallest absolute Gasteiger partial charge is 0.320 e. The zero-order valence-electron chi connectivity index (χ0n) is 18.0. The number of nitrogens with one attached hydrogen (secondary N) is 3. The van der Waals surface area contributed by atoms with E-state index < -0.39 is 0 Å². The van der Waals surface area contributed by atoms with E-state index >= 15 is 0 Å². The van der Waals surface area contributed by atoms with Gasteiger partial charge in [-0.05, 0) is 42.0 Å². The molecule has 31 heavy (non-hydrogen) atoms. The lowest BCUT2D eigenvalue weighted by atomic mass is 9.90. The molecule has 0 aliphatic heterocycles. The third-order valence-corrected chi connectivity index (χ3v) is 5.48. The third-order valence-electron chi connectivity index (χ3n) is 5.48. The first-order valence-corrected chi connectivity index (χ1v) is 10.8. The molecule has 160 valence electrons. The summed E-state index contributed by atoms with van der Waals surface area (Å²) in [7, 11) is 0. The number of fused-ring (bicyclic) bond motifs is 1. The Morgan fingerprint density at radius 2 is 1.97 bits per heavy atom. The molecule has 0 spiro atoms. The van der Waals surface area contributed by atoms with Crippen LogP contribution in [0.1, 0.15) is 53.9 Å². The zero-order valence-corrected chi connectivity index (χ0v) is 18.0. The van der Waals surface area contributed by atoms with Crippen molar-refractivity contribution in [2.75, 3.05) is 11.9 Å². The van der Waals surface area contributed by atoms with Gasteiger partial charge in [0.25, 0.3) is 0 Å². The summed E-state index contributed by atoms with van der Waals surface area (Å²) >= 11 is 0. The molecule has 3 N–H and O–H groups in total. The number of aromatic amines is 1. The molecular formula is C25H28N4O2. The lowest BCUT2D eigenvalue weighted by molar-refractivity contribution is 0.0971. The molecule has 6 nitrogen and oxygen atoms in total. The first kappa shape index (κ1) is 20.8. The van der Waals surface area contributed by atoms with E-state index in [0.717, 1.165) is 46.5 Å². The average Bonchev–Trinajstić information content (AvgIpc) is 3.13. The fourth-order valence-corrected chi connectivity index (χ4v) is 4.01. The van der Waals surface area contributed by atoms with Gasteiger partial charge < -0.3 is 10.3 Å². The van der Waals surface area contributed by atoms with Crippen molar-refractivity contribution in [1.82, 2.24) is 15.3 Å². The minimum atomic E-state index is -0.274. The molecular weight excluding hydrogens is 388 g/mol. The Labute approximate surface area is 182 Å². The number of aryl methyl sites for hydroxylation is 1. The molecule has 0 bridgehead atoms. The summed E-state index contributed by atoms with van der Waals surface area (Å²) in [5, 5.41) is 5.64. The van der Waals surface area contributed by atoms with E-state index in [1.54, 1.807) is 6.20 Å². The fraction of sp³-hybridized carbons (Fsp3) is 0.320. The average molecular weight is 417 g/mol. The summed E-state index contributed by atoms with van der Waals surface area (Å²) in [5.41, 5.74) is 5.86. The first-order valence-electron chi connectivity index (χ1n) is 10.8. The van der Waals surface area contributed by atoms with Crippen LogP contribution in [0.4, 0.5) is 10.6 Å². The predicted octanol–water partition coefficient (Wildman–Crippen LogP) is 4.96. The van der Waals surface area contributed by atoms with Gasteiger partial charge >= 0.3 is 6.03 Å². The largest absolute Gasteiger partial charge is 0.358 e. The molecule has 0 atom stereocenters. The fourth-order valence-electron chi connectivity index (χ4n) is 4.01. The standard InChI is InChI=1S/C25H28N4O2/c1-16(2)15-27-25(31)29-22-14-18(11-12-26-22)24-19(13-17-7-4-3-5-8-17)23-20(28-24)9-6-10-21(23)30/h3-5,7-8,11-12,14,16,28H,6,9-10,13,15H2,1-2H3,(H2,26,27,29,31). The van der Waals surface area contributed by atoms with Crippen molar-refractivity contribution in [1.29, 1.82) is 0 Å². The molecule has 1 aliphatic rings. The summed E-state index contributed by atoms with van der Waals surface area (Å²) < 4.78 is 0. The molecule has 0 radical (unpaired) electrons. The number of H-pyrrole nitrogens is 1. The van der Waals surface area contributed by atoms with Crippen molar-refractivity contribution < 1.29 is 9.59 Å². The second kappa shape index (κ2) is 9.16. The number of carbonyl (C=O) groups excluding carboxylic acids is 2. The highest BCUT2D eigenvalue weighted by Crippen LogP contribution is 2.35.